The zero-order valence-corrected chi connectivity index (χ0v) is 15.4. The SMILES string of the molecule is Fc1ccc(SCc2cn(-c3ccc(-c4noc(C(F)(F)F)n4)cc3)cn2)cc1. The third kappa shape index (κ3) is 4.48. The van der Waals surface area contributed by atoms with E-state index in [2.05, 4.69) is 19.6 Å². The van der Waals surface area contributed by atoms with Crippen LogP contribution in [0.25, 0.3) is 17.1 Å². The lowest BCUT2D eigenvalue weighted by molar-refractivity contribution is -0.159. The standard InChI is InChI=1S/C19H12F4N4OS/c20-13-3-7-16(8-4-13)29-10-14-9-27(11-24-14)15-5-1-12(2-6-15)17-25-18(28-26-17)19(21,22)23/h1-9,11H,10H2. The number of imidazole rings is 1. The predicted octanol–water partition coefficient (Wildman–Crippen LogP) is 5.37. The molecule has 0 aliphatic heterocycles. The molecule has 0 N–H and O–H groups in total. The van der Waals surface area contributed by atoms with Crippen molar-refractivity contribution in [2.45, 2.75) is 16.8 Å². The lowest BCUT2D eigenvalue weighted by Gasteiger charge is -2.02. The highest BCUT2D eigenvalue weighted by molar-refractivity contribution is 7.98. The van der Waals surface area contributed by atoms with E-state index >= 15 is 0 Å². The Hall–Kier alpha value is -3.14. The average molecular weight is 420 g/mol. The number of benzene rings is 2. The van der Waals surface area contributed by atoms with Gasteiger partial charge in [0.2, 0.25) is 5.82 Å². The summed E-state index contributed by atoms with van der Waals surface area (Å²) in [4.78, 5) is 8.64. The molecule has 2 heterocycles. The van der Waals surface area contributed by atoms with Crippen molar-refractivity contribution in [3.63, 3.8) is 0 Å². The van der Waals surface area contributed by atoms with Crippen LogP contribution >= 0.6 is 11.8 Å². The molecule has 0 amide bonds. The molecule has 0 saturated heterocycles. The molecule has 29 heavy (non-hydrogen) atoms. The maximum Gasteiger partial charge on any atom is 0.471 e. The van der Waals surface area contributed by atoms with Gasteiger partial charge in [0.15, 0.2) is 0 Å². The van der Waals surface area contributed by atoms with Gasteiger partial charge in [0, 0.05) is 28.1 Å². The number of nitrogens with zero attached hydrogens (tertiary/aromatic N) is 4. The third-order valence-electron chi connectivity index (χ3n) is 3.93. The Morgan fingerprint density at radius 1 is 1.00 bits per heavy atom. The first-order valence-corrected chi connectivity index (χ1v) is 9.30. The van der Waals surface area contributed by atoms with Gasteiger partial charge in [-0.05, 0) is 48.5 Å². The summed E-state index contributed by atoms with van der Waals surface area (Å²) in [5.74, 6) is -1.18. The Morgan fingerprint density at radius 3 is 2.38 bits per heavy atom. The van der Waals surface area contributed by atoms with Gasteiger partial charge >= 0.3 is 12.1 Å². The quantitative estimate of drug-likeness (QED) is 0.321. The Kier molecular flexibility index (Phi) is 5.10. The summed E-state index contributed by atoms with van der Waals surface area (Å²) in [6.07, 6.45) is -1.18. The largest absolute Gasteiger partial charge is 0.471 e. The summed E-state index contributed by atoms with van der Waals surface area (Å²) < 4.78 is 56.7. The van der Waals surface area contributed by atoms with E-state index in [0.717, 1.165) is 16.3 Å². The lowest BCUT2D eigenvalue weighted by atomic mass is 10.2. The highest BCUT2D eigenvalue weighted by atomic mass is 32.2. The molecule has 10 heteroatoms. The second-order valence-corrected chi connectivity index (χ2v) is 7.03. The average Bonchev–Trinajstić information content (AvgIpc) is 3.37. The van der Waals surface area contributed by atoms with Crippen LogP contribution in [0.4, 0.5) is 17.6 Å². The van der Waals surface area contributed by atoms with Crippen molar-refractivity contribution >= 4 is 11.8 Å². The van der Waals surface area contributed by atoms with Crippen LogP contribution in [0.2, 0.25) is 0 Å². The molecule has 148 valence electrons. The molecule has 0 aliphatic carbocycles. The topological polar surface area (TPSA) is 56.7 Å². The van der Waals surface area contributed by atoms with Crippen molar-refractivity contribution in [3.05, 3.63) is 78.5 Å². The molecule has 5 nitrogen and oxygen atoms in total. The van der Waals surface area contributed by atoms with E-state index in [9.17, 15) is 17.6 Å². The van der Waals surface area contributed by atoms with Gasteiger partial charge in [-0.3, -0.25) is 0 Å². The Labute approximate surface area is 166 Å². The third-order valence-corrected chi connectivity index (χ3v) is 4.97. The molecule has 0 unspecified atom stereocenters. The number of aromatic nitrogens is 4. The lowest BCUT2D eigenvalue weighted by Crippen LogP contribution is -2.04. The molecule has 2 aromatic heterocycles. The number of hydrogen-bond acceptors (Lipinski definition) is 5. The molecule has 4 aromatic rings. The second kappa shape index (κ2) is 7.70. The molecule has 0 fully saturated rings. The van der Waals surface area contributed by atoms with E-state index < -0.39 is 12.1 Å². The molecule has 0 radical (unpaired) electrons. The highest BCUT2D eigenvalue weighted by Crippen LogP contribution is 2.29. The Morgan fingerprint density at radius 2 is 1.72 bits per heavy atom. The minimum atomic E-state index is -4.68. The molecule has 4 rings (SSSR count). The molecule has 0 atom stereocenters. The van der Waals surface area contributed by atoms with Crippen LogP contribution < -0.4 is 0 Å². The number of thioether (sulfide) groups is 1. The van der Waals surface area contributed by atoms with Crippen LogP contribution in [0.3, 0.4) is 0 Å². The summed E-state index contributed by atoms with van der Waals surface area (Å²) in [6, 6.07) is 12.9. The van der Waals surface area contributed by atoms with Crippen LogP contribution in [0.1, 0.15) is 11.6 Å². The second-order valence-electron chi connectivity index (χ2n) is 5.98. The van der Waals surface area contributed by atoms with Crippen molar-refractivity contribution < 1.29 is 22.1 Å². The van der Waals surface area contributed by atoms with Gasteiger partial charge in [0.05, 0.1) is 12.0 Å². The molecular formula is C19H12F4N4OS. The molecule has 0 bridgehead atoms. The van der Waals surface area contributed by atoms with Crippen LogP contribution in [0.5, 0.6) is 0 Å². The van der Waals surface area contributed by atoms with Crippen LogP contribution in [-0.2, 0) is 11.9 Å². The predicted molar refractivity (Wildman–Crippen MR) is 97.8 cm³/mol. The van der Waals surface area contributed by atoms with Crippen molar-refractivity contribution in [1.29, 1.82) is 0 Å². The molecule has 2 aromatic carbocycles. The fraction of sp³-hybridized carbons (Fsp3) is 0.105. The molecular weight excluding hydrogens is 408 g/mol. The molecule has 0 saturated carbocycles. The number of alkyl halides is 3. The van der Waals surface area contributed by atoms with E-state index in [4.69, 9.17) is 0 Å². The maximum atomic E-state index is 12.9. The summed E-state index contributed by atoms with van der Waals surface area (Å²) in [7, 11) is 0. The first kappa shape index (κ1) is 19.2. The van der Waals surface area contributed by atoms with E-state index in [1.807, 2.05) is 6.20 Å². The van der Waals surface area contributed by atoms with E-state index in [1.54, 1.807) is 47.3 Å². The highest BCUT2D eigenvalue weighted by Gasteiger charge is 2.38. The van der Waals surface area contributed by atoms with Gasteiger partial charge in [0.25, 0.3) is 0 Å². The Bertz CT molecular complexity index is 1100. The Balaban J connectivity index is 1.44. The first-order chi connectivity index (χ1) is 13.9. The van der Waals surface area contributed by atoms with E-state index in [1.165, 1.54) is 23.9 Å². The normalized spacial score (nSPS) is 11.7. The van der Waals surface area contributed by atoms with Gasteiger partial charge in [-0.1, -0.05) is 5.16 Å². The zero-order chi connectivity index (χ0) is 20.4. The molecule has 0 aliphatic rings. The van der Waals surface area contributed by atoms with Crippen molar-refractivity contribution in [1.82, 2.24) is 19.7 Å². The van der Waals surface area contributed by atoms with Crippen LogP contribution in [0, 0.1) is 5.82 Å². The summed E-state index contributed by atoms with van der Waals surface area (Å²) in [6.45, 7) is 0. The summed E-state index contributed by atoms with van der Waals surface area (Å²) in [5, 5.41) is 3.37. The smallest absolute Gasteiger partial charge is 0.329 e. The van der Waals surface area contributed by atoms with Crippen molar-refractivity contribution in [2.24, 2.45) is 0 Å². The summed E-state index contributed by atoms with van der Waals surface area (Å²) >= 11 is 1.53. The van der Waals surface area contributed by atoms with Crippen molar-refractivity contribution in [2.75, 3.05) is 0 Å². The number of rotatable bonds is 5. The minimum absolute atomic E-state index is 0.133. The van der Waals surface area contributed by atoms with Gasteiger partial charge in [0.1, 0.15) is 5.82 Å². The van der Waals surface area contributed by atoms with Gasteiger partial charge in [-0.2, -0.15) is 18.2 Å². The van der Waals surface area contributed by atoms with Gasteiger partial charge in [-0.25, -0.2) is 9.37 Å². The van der Waals surface area contributed by atoms with Crippen LogP contribution in [-0.4, -0.2) is 19.7 Å². The first-order valence-electron chi connectivity index (χ1n) is 8.31. The fourth-order valence-corrected chi connectivity index (χ4v) is 3.30. The van der Waals surface area contributed by atoms with Gasteiger partial charge in [-0.15, -0.1) is 11.8 Å². The zero-order valence-electron chi connectivity index (χ0n) is 14.6. The van der Waals surface area contributed by atoms with E-state index in [-0.39, 0.29) is 11.6 Å². The fourth-order valence-electron chi connectivity index (χ4n) is 2.51. The number of halogens is 4. The minimum Gasteiger partial charge on any atom is -0.329 e. The monoisotopic (exact) mass is 420 g/mol. The molecule has 0 spiro atoms. The van der Waals surface area contributed by atoms with Gasteiger partial charge < -0.3 is 9.09 Å². The van der Waals surface area contributed by atoms with E-state index in [0.29, 0.717) is 11.3 Å². The number of hydrogen-bond donors (Lipinski definition) is 0. The van der Waals surface area contributed by atoms with Crippen molar-refractivity contribution in [3.8, 4) is 17.1 Å². The summed E-state index contributed by atoms with van der Waals surface area (Å²) in [5.41, 5.74) is 2.01. The maximum absolute atomic E-state index is 12.9. The van der Waals surface area contributed by atoms with Crippen LogP contribution in [0.15, 0.2) is 70.5 Å².